The smallest absolute Gasteiger partial charge is 0.323 e. The van der Waals surface area contributed by atoms with Gasteiger partial charge in [0.25, 0.3) is 0 Å². The Kier molecular flexibility index (Phi) is 6.11. The lowest BCUT2D eigenvalue weighted by Crippen LogP contribution is -2.20. The zero-order valence-electron chi connectivity index (χ0n) is 16.4. The number of aromatic nitrogens is 1. The minimum Gasteiger partial charge on any atom is -0.426 e. The van der Waals surface area contributed by atoms with E-state index in [1.54, 1.807) is 12.4 Å². The maximum Gasteiger partial charge on any atom is 0.323 e. The summed E-state index contributed by atoms with van der Waals surface area (Å²) in [4.78, 5) is 17.1. The van der Waals surface area contributed by atoms with Gasteiger partial charge in [-0.2, -0.15) is 0 Å². The number of rotatable bonds is 6. The minimum atomic E-state index is -0.473. The van der Waals surface area contributed by atoms with Crippen LogP contribution in [0.4, 0.5) is 0 Å². The van der Waals surface area contributed by atoms with Gasteiger partial charge in [-0.05, 0) is 46.5 Å². The number of carbonyl (C=O) groups is 1. The average molecular weight is 391 g/mol. The van der Waals surface area contributed by atoms with Gasteiger partial charge in [0.2, 0.25) is 0 Å². The first-order chi connectivity index (χ1) is 14.8. The number of nitrogens with zero attached hydrogens (tertiary/aromatic N) is 1. The first kappa shape index (κ1) is 19.3. The summed E-state index contributed by atoms with van der Waals surface area (Å²) in [6.45, 7) is 0. The molecule has 3 heteroatoms. The SMILES string of the molecule is O=C(Oc1ccc(/C=C/c2ccncc2)cc1)C(c1ccccc1)c1ccccc1. The molecule has 0 spiro atoms. The highest BCUT2D eigenvalue weighted by molar-refractivity contribution is 5.84. The van der Waals surface area contributed by atoms with Crippen LogP contribution in [-0.2, 0) is 4.79 Å². The molecule has 4 aromatic rings. The summed E-state index contributed by atoms with van der Waals surface area (Å²) in [5.74, 6) is -0.246. The van der Waals surface area contributed by atoms with Crippen LogP contribution in [0.2, 0.25) is 0 Å². The third-order valence-corrected chi connectivity index (χ3v) is 4.77. The molecule has 1 aromatic heterocycles. The van der Waals surface area contributed by atoms with E-state index in [2.05, 4.69) is 4.98 Å². The van der Waals surface area contributed by atoms with Crippen molar-refractivity contribution in [2.75, 3.05) is 0 Å². The van der Waals surface area contributed by atoms with Gasteiger partial charge in [-0.15, -0.1) is 0 Å². The molecule has 0 saturated heterocycles. The third kappa shape index (κ3) is 4.89. The van der Waals surface area contributed by atoms with E-state index in [1.165, 1.54) is 0 Å². The van der Waals surface area contributed by atoms with E-state index < -0.39 is 5.92 Å². The third-order valence-electron chi connectivity index (χ3n) is 4.77. The number of carbonyl (C=O) groups excluding carboxylic acids is 1. The summed E-state index contributed by atoms with van der Waals surface area (Å²) >= 11 is 0. The van der Waals surface area contributed by atoms with Crippen LogP contribution in [0.25, 0.3) is 12.2 Å². The standard InChI is InChI=1S/C27H21NO2/c29-27(26(23-7-3-1-4-8-23)24-9-5-2-6-10-24)30-25-15-13-21(14-16-25)11-12-22-17-19-28-20-18-22/h1-20,26H/b12-11+. The van der Waals surface area contributed by atoms with Gasteiger partial charge in [0.15, 0.2) is 0 Å². The molecule has 3 aromatic carbocycles. The van der Waals surface area contributed by atoms with Crippen LogP contribution in [-0.4, -0.2) is 11.0 Å². The molecule has 0 unspecified atom stereocenters. The topological polar surface area (TPSA) is 39.2 Å². The summed E-state index contributed by atoms with van der Waals surface area (Å²) in [7, 11) is 0. The highest BCUT2D eigenvalue weighted by Gasteiger charge is 2.24. The summed E-state index contributed by atoms with van der Waals surface area (Å²) < 4.78 is 5.73. The molecule has 0 fully saturated rings. The van der Waals surface area contributed by atoms with Crippen molar-refractivity contribution < 1.29 is 9.53 Å². The predicted octanol–water partition coefficient (Wildman–Crippen LogP) is 5.99. The summed E-state index contributed by atoms with van der Waals surface area (Å²) in [6.07, 6.45) is 7.55. The molecule has 0 aliphatic heterocycles. The Labute approximate surface area is 176 Å². The van der Waals surface area contributed by atoms with Crippen LogP contribution >= 0.6 is 0 Å². The van der Waals surface area contributed by atoms with E-state index in [0.717, 1.165) is 22.3 Å². The zero-order valence-corrected chi connectivity index (χ0v) is 16.4. The Morgan fingerprint density at radius 3 is 1.70 bits per heavy atom. The van der Waals surface area contributed by atoms with Crippen molar-refractivity contribution >= 4 is 18.1 Å². The fourth-order valence-corrected chi connectivity index (χ4v) is 3.24. The summed E-state index contributed by atoms with van der Waals surface area (Å²) in [6, 6.07) is 30.8. The van der Waals surface area contributed by atoms with E-state index in [0.29, 0.717) is 5.75 Å². The Bertz CT molecular complexity index is 1070. The molecule has 0 bridgehead atoms. The molecule has 0 radical (unpaired) electrons. The van der Waals surface area contributed by atoms with Crippen LogP contribution < -0.4 is 4.74 Å². The normalized spacial score (nSPS) is 11.0. The van der Waals surface area contributed by atoms with Gasteiger partial charge >= 0.3 is 5.97 Å². The van der Waals surface area contributed by atoms with E-state index >= 15 is 0 Å². The van der Waals surface area contributed by atoms with Crippen LogP contribution in [0.5, 0.6) is 5.75 Å². The van der Waals surface area contributed by atoms with Crippen molar-refractivity contribution in [1.82, 2.24) is 4.98 Å². The molecular weight excluding hydrogens is 370 g/mol. The lowest BCUT2D eigenvalue weighted by atomic mass is 9.91. The van der Waals surface area contributed by atoms with Crippen LogP contribution in [0.3, 0.4) is 0 Å². The predicted molar refractivity (Wildman–Crippen MR) is 120 cm³/mol. The van der Waals surface area contributed by atoms with Crippen molar-refractivity contribution in [1.29, 1.82) is 0 Å². The van der Waals surface area contributed by atoms with Gasteiger partial charge in [-0.1, -0.05) is 84.9 Å². The van der Waals surface area contributed by atoms with Crippen LogP contribution in [0.15, 0.2) is 109 Å². The lowest BCUT2D eigenvalue weighted by molar-refractivity contribution is -0.135. The number of hydrogen-bond donors (Lipinski definition) is 0. The van der Waals surface area contributed by atoms with Gasteiger partial charge in [0.1, 0.15) is 11.7 Å². The van der Waals surface area contributed by atoms with Gasteiger partial charge in [0.05, 0.1) is 0 Å². The molecule has 0 amide bonds. The van der Waals surface area contributed by atoms with Crippen molar-refractivity contribution in [2.45, 2.75) is 5.92 Å². The molecule has 0 saturated carbocycles. The molecule has 146 valence electrons. The minimum absolute atomic E-state index is 0.299. The fraction of sp³-hybridized carbons (Fsp3) is 0.0370. The first-order valence-corrected chi connectivity index (χ1v) is 9.79. The number of esters is 1. The van der Waals surface area contributed by atoms with Gasteiger partial charge in [-0.25, -0.2) is 0 Å². The van der Waals surface area contributed by atoms with E-state index in [4.69, 9.17) is 4.74 Å². The number of hydrogen-bond acceptors (Lipinski definition) is 3. The van der Waals surface area contributed by atoms with Crippen LogP contribution in [0, 0.1) is 0 Å². The molecule has 0 N–H and O–H groups in total. The second kappa shape index (κ2) is 9.48. The summed E-state index contributed by atoms with van der Waals surface area (Å²) in [5.41, 5.74) is 3.92. The molecule has 30 heavy (non-hydrogen) atoms. The number of ether oxygens (including phenoxy) is 1. The lowest BCUT2D eigenvalue weighted by Gasteiger charge is -2.17. The monoisotopic (exact) mass is 391 g/mol. The van der Waals surface area contributed by atoms with E-state index in [-0.39, 0.29) is 5.97 Å². The molecule has 0 aliphatic rings. The Hall–Kier alpha value is -3.98. The number of benzene rings is 3. The van der Waals surface area contributed by atoms with Gasteiger partial charge in [0, 0.05) is 12.4 Å². The highest BCUT2D eigenvalue weighted by Crippen LogP contribution is 2.27. The maximum absolute atomic E-state index is 13.1. The number of pyridine rings is 1. The van der Waals surface area contributed by atoms with Gasteiger partial charge < -0.3 is 4.74 Å². The van der Waals surface area contributed by atoms with E-state index in [9.17, 15) is 4.79 Å². The summed E-state index contributed by atoms with van der Waals surface area (Å²) in [5, 5.41) is 0. The molecule has 1 heterocycles. The van der Waals surface area contributed by atoms with E-state index in [1.807, 2.05) is 109 Å². The highest BCUT2D eigenvalue weighted by atomic mass is 16.5. The first-order valence-electron chi connectivity index (χ1n) is 9.79. The molecule has 3 nitrogen and oxygen atoms in total. The maximum atomic E-state index is 13.1. The van der Waals surface area contributed by atoms with Crippen LogP contribution in [0.1, 0.15) is 28.2 Å². The Morgan fingerprint density at radius 2 is 1.17 bits per heavy atom. The van der Waals surface area contributed by atoms with Crippen molar-refractivity contribution in [3.05, 3.63) is 132 Å². The quantitative estimate of drug-likeness (QED) is 0.299. The molecule has 0 atom stereocenters. The zero-order chi connectivity index (χ0) is 20.6. The molecular formula is C27H21NO2. The van der Waals surface area contributed by atoms with Gasteiger partial charge in [-0.3, -0.25) is 9.78 Å². The average Bonchev–Trinajstić information content (AvgIpc) is 2.81. The largest absolute Gasteiger partial charge is 0.426 e. The molecule has 4 rings (SSSR count). The van der Waals surface area contributed by atoms with Crippen molar-refractivity contribution in [2.24, 2.45) is 0 Å². The Morgan fingerprint density at radius 1 is 0.667 bits per heavy atom. The Balaban J connectivity index is 1.51. The molecule has 0 aliphatic carbocycles. The second-order valence-corrected chi connectivity index (χ2v) is 6.86. The second-order valence-electron chi connectivity index (χ2n) is 6.86. The van der Waals surface area contributed by atoms with Crippen molar-refractivity contribution in [3.63, 3.8) is 0 Å². The van der Waals surface area contributed by atoms with Crippen molar-refractivity contribution in [3.8, 4) is 5.75 Å². The fourth-order valence-electron chi connectivity index (χ4n) is 3.24.